The van der Waals surface area contributed by atoms with Gasteiger partial charge in [-0.1, -0.05) is 26.7 Å². The molecule has 1 aliphatic heterocycles. The second kappa shape index (κ2) is 4.97. The first kappa shape index (κ1) is 12.9. The van der Waals surface area contributed by atoms with Crippen molar-refractivity contribution in [3.8, 4) is 0 Å². The summed E-state index contributed by atoms with van der Waals surface area (Å²) in [5, 5.41) is 3.51. The second-order valence-electron chi connectivity index (χ2n) is 6.11. The molecule has 2 fully saturated rings. The first-order valence-electron chi connectivity index (χ1n) is 7.10. The van der Waals surface area contributed by atoms with Crippen LogP contribution in [0.5, 0.6) is 0 Å². The van der Waals surface area contributed by atoms with E-state index in [1.807, 2.05) is 6.92 Å². The van der Waals surface area contributed by atoms with Crippen LogP contribution in [0.3, 0.4) is 0 Å². The van der Waals surface area contributed by atoms with E-state index >= 15 is 0 Å². The van der Waals surface area contributed by atoms with E-state index in [-0.39, 0.29) is 12.2 Å². The smallest absolute Gasteiger partial charge is 0.240 e. The van der Waals surface area contributed by atoms with Gasteiger partial charge in [0.2, 0.25) is 5.91 Å². The summed E-state index contributed by atoms with van der Waals surface area (Å²) >= 11 is 0. The molecule has 2 aliphatic rings. The third kappa shape index (κ3) is 2.35. The summed E-state index contributed by atoms with van der Waals surface area (Å²) < 4.78 is 0. The van der Waals surface area contributed by atoms with Gasteiger partial charge in [-0.25, -0.2) is 0 Å². The van der Waals surface area contributed by atoms with E-state index in [0.29, 0.717) is 23.8 Å². The standard InChI is InChI=1S/C14H26N2O/c1-9(2)11(4)16-13(12-7-5-6-8-12)15-10(3)14(16)17/h9-13,15H,5-8H2,1-4H3. The minimum Gasteiger partial charge on any atom is -0.323 e. The van der Waals surface area contributed by atoms with Crippen molar-refractivity contribution in [1.82, 2.24) is 10.2 Å². The second-order valence-corrected chi connectivity index (χ2v) is 6.11. The van der Waals surface area contributed by atoms with Crippen LogP contribution < -0.4 is 5.32 Å². The first-order valence-corrected chi connectivity index (χ1v) is 7.10. The molecule has 2 rings (SSSR count). The lowest BCUT2D eigenvalue weighted by atomic mass is 9.99. The third-order valence-electron chi connectivity index (χ3n) is 4.60. The quantitative estimate of drug-likeness (QED) is 0.818. The topological polar surface area (TPSA) is 32.3 Å². The van der Waals surface area contributed by atoms with Crippen LogP contribution in [-0.4, -0.2) is 29.1 Å². The monoisotopic (exact) mass is 238 g/mol. The highest BCUT2D eigenvalue weighted by Crippen LogP contribution is 2.33. The van der Waals surface area contributed by atoms with Crippen LogP contribution in [0.4, 0.5) is 0 Å². The minimum absolute atomic E-state index is 0.00167. The van der Waals surface area contributed by atoms with Crippen molar-refractivity contribution in [2.24, 2.45) is 11.8 Å². The number of nitrogens with zero attached hydrogens (tertiary/aromatic N) is 1. The van der Waals surface area contributed by atoms with Gasteiger partial charge in [0.15, 0.2) is 0 Å². The highest BCUT2D eigenvalue weighted by atomic mass is 16.2. The van der Waals surface area contributed by atoms with Crippen molar-refractivity contribution in [3.05, 3.63) is 0 Å². The first-order chi connectivity index (χ1) is 8.02. The number of nitrogens with one attached hydrogen (secondary N) is 1. The van der Waals surface area contributed by atoms with Crippen LogP contribution in [0.1, 0.15) is 53.4 Å². The molecule has 3 nitrogen and oxygen atoms in total. The van der Waals surface area contributed by atoms with Crippen LogP contribution in [-0.2, 0) is 4.79 Å². The van der Waals surface area contributed by atoms with Gasteiger partial charge in [0, 0.05) is 6.04 Å². The fraction of sp³-hybridized carbons (Fsp3) is 0.929. The maximum Gasteiger partial charge on any atom is 0.240 e. The highest BCUT2D eigenvalue weighted by Gasteiger charge is 2.43. The molecular formula is C14H26N2O. The predicted octanol–water partition coefficient (Wildman–Crippen LogP) is 2.37. The highest BCUT2D eigenvalue weighted by molar-refractivity contribution is 5.84. The number of carbonyl (C=O) groups is 1. The summed E-state index contributed by atoms with van der Waals surface area (Å²) in [5.74, 6) is 1.49. The van der Waals surface area contributed by atoms with Gasteiger partial charge in [0.1, 0.15) is 0 Å². The molecule has 3 heteroatoms. The molecule has 17 heavy (non-hydrogen) atoms. The number of amides is 1. The lowest BCUT2D eigenvalue weighted by Crippen LogP contribution is -2.48. The van der Waals surface area contributed by atoms with Gasteiger partial charge in [-0.05, 0) is 38.5 Å². The van der Waals surface area contributed by atoms with Crippen LogP contribution in [0.2, 0.25) is 0 Å². The van der Waals surface area contributed by atoms with Crippen molar-refractivity contribution < 1.29 is 4.79 Å². The van der Waals surface area contributed by atoms with E-state index < -0.39 is 0 Å². The number of rotatable bonds is 3. The Balaban J connectivity index is 2.15. The Morgan fingerprint density at radius 2 is 1.82 bits per heavy atom. The fourth-order valence-corrected chi connectivity index (χ4v) is 3.18. The van der Waals surface area contributed by atoms with E-state index in [1.54, 1.807) is 0 Å². The van der Waals surface area contributed by atoms with Crippen molar-refractivity contribution in [2.75, 3.05) is 0 Å². The van der Waals surface area contributed by atoms with E-state index in [9.17, 15) is 4.79 Å². The SMILES string of the molecule is CC1NC(C2CCCC2)N(C(C)C(C)C)C1=O. The lowest BCUT2D eigenvalue weighted by molar-refractivity contribution is -0.133. The average molecular weight is 238 g/mol. The Morgan fingerprint density at radius 1 is 1.24 bits per heavy atom. The normalized spacial score (nSPS) is 32.8. The molecule has 1 heterocycles. The maximum atomic E-state index is 12.3. The van der Waals surface area contributed by atoms with Gasteiger partial charge < -0.3 is 4.90 Å². The Labute approximate surface area is 105 Å². The van der Waals surface area contributed by atoms with E-state index in [2.05, 4.69) is 31.0 Å². The van der Waals surface area contributed by atoms with Gasteiger partial charge >= 0.3 is 0 Å². The predicted molar refractivity (Wildman–Crippen MR) is 69.5 cm³/mol. The minimum atomic E-state index is 0.00167. The van der Waals surface area contributed by atoms with Gasteiger partial charge in [-0.3, -0.25) is 10.1 Å². The molecule has 0 aromatic heterocycles. The maximum absolute atomic E-state index is 12.3. The van der Waals surface area contributed by atoms with Crippen molar-refractivity contribution >= 4 is 5.91 Å². The molecule has 1 saturated carbocycles. The number of hydrogen-bond donors (Lipinski definition) is 1. The zero-order chi connectivity index (χ0) is 12.6. The molecule has 0 aromatic carbocycles. The molecule has 3 atom stereocenters. The number of hydrogen-bond acceptors (Lipinski definition) is 2. The van der Waals surface area contributed by atoms with E-state index in [0.717, 1.165) is 0 Å². The van der Waals surface area contributed by atoms with Gasteiger partial charge in [-0.15, -0.1) is 0 Å². The molecule has 1 aliphatic carbocycles. The van der Waals surface area contributed by atoms with Gasteiger partial charge in [0.05, 0.1) is 12.2 Å². The Hall–Kier alpha value is -0.570. The largest absolute Gasteiger partial charge is 0.323 e. The van der Waals surface area contributed by atoms with E-state index in [1.165, 1.54) is 25.7 Å². The van der Waals surface area contributed by atoms with E-state index in [4.69, 9.17) is 0 Å². The van der Waals surface area contributed by atoms with Crippen molar-refractivity contribution in [2.45, 2.75) is 71.6 Å². The van der Waals surface area contributed by atoms with Gasteiger partial charge in [-0.2, -0.15) is 0 Å². The average Bonchev–Trinajstić information content (AvgIpc) is 2.87. The molecule has 0 aromatic rings. The molecule has 1 saturated heterocycles. The fourth-order valence-electron chi connectivity index (χ4n) is 3.18. The van der Waals surface area contributed by atoms with Crippen LogP contribution in [0.15, 0.2) is 0 Å². The van der Waals surface area contributed by atoms with Crippen LogP contribution in [0, 0.1) is 11.8 Å². The zero-order valence-electron chi connectivity index (χ0n) is 11.6. The Morgan fingerprint density at radius 3 is 2.35 bits per heavy atom. The van der Waals surface area contributed by atoms with Gasteiger partial charge in [0.25, 0.3) is 0 Å². The summed E-state index contributed by atoms with van der Waals surface area (Å²) in [5.41, 5.74) is 0. The zero-order valence-corrected chi connectivity index (χ0v) is 11.6. The van der Waals surface area contributed by atoms with Crippen LogP contribution in [0.25, 0.3) is 0 Å². The molecular weight excluding hydrogens is 212 g/mol. The van der Waals surface area contributed by atoms with Crippen LogP contribution >= 0.6 is 0 Å². The number of carbonyl (C=O) groups excluding carboxylic acids is 1. The summed E-state index contributed by atoms with van der Waals surface area (Å²) in [6.45, 7) is 8.58. The van der Waals surface area contributed by atoms with Crippen molar-refractivity contribution in [3.63, 3.8) is 0 Å². The molecule has 0 radical (unpaired) electrons. The third-order valence-corrected chi connectivity index (χ3v) is 4.60. The summed E-state index contributed by atoms with van der Waals surface area (Å²) in [7, 11) is 0. The summed E-state index contributed by atoms with van der Waals surface area (Å²) in [6, 6.07) is 0.340. The molecule has 0 spiro atoms. The molecule has 1 amide bonds. The summed E-state index contributed by atoms with van der Waals surface area (Å²) in [6.07, 6.45) is 5.50. The Bertz CT molecular complexity index is 284. The molecule has 98 valence electrons. The molecule has 0 bridgehead atoms. The lowest BCUT2D eigenvalue weighted by Gasteiger charge is -2.35. The summed E-state index contributed by atoms with van der Waals surface area (Å²) in [4.78, 5) is 14.4. The van der Waals surface area contributed by atoms with Crippen molar-refractivity contribution in [1.29, 1.82) is 0 Å². The molecule has 1 N–H and O–H groups in total. The Kier molecular flexibility index (Phi) is 3.76. The molecule has 3 unspecified atom stereocenters.